The van der Waals surface area contributed by atoms with Gasteiger partial charge in [0.05, 0.1) is 5.69 Å². The third kappa shape index (κ3) is 2.67. The van der Waals surface area contributed by atoms with Gasteiger partial charge in [-0.05, 0) is 66.7 Å². The SMILES string of the molecule is CC(C)(C)SN1CCc2cnc(Br)cc21. The maximum atomic E-state index is 4.26. The molecule has 1 aliphatic heterocycles. The van der Waals surface area contributed by atoms with Crippen LogP contribution < -0.4 is 4.31 Å². The largest absolute Gasteiger partial charge is 0.315 e. The van der Waals surface area contributed by atoms with Crippen LogP contribution in [0, 0.1) is 0 Å². The molecule has 0 amide bonds. The van der Waals surface area contributed by atoms with Crippen LogP contribution in [-0.4, -0.2) is 16.3 Å². The molecule has 0 fully saturated rings. The summed E-state index contributed by atoms with van der Waals surface area (Å²) in [5, 5.41) is 0. The van der Waals surface area contributed by atoms with Crippen LogP contribution >= 0.6 is 27.9 Å². The van der Waals surface area contributed by atoms with Gasteiger partial charge in [-0.3, -0.25) is 0 Å². The van der Waals surface area contributed by atoms with Crippen molar-refractivity contribution in [3.05, 3.63) is 22.4 Å². The maximum absolute atomic E-state index is 4.26. The molecule has 1 aromatic rings. The average Bonchev–Trinajstić information content (AvgIpc) is 2.46. The minimum Gasteiger partial charge on any atom is -0.315 e. The number of aromatic nitrogens is 1. The second-order valence-corrected chi connectivity index (χ2v) is 7.35. The third-order valence-electron chi connectivity index (χ3n) is 2.17. The van der Waals surface area contributed by atoms with Crippen molar-refractivity contribution in [3.63, 3.8) is 0 Å². The minimum atomic E-state index is 0.261. The van der Waals surface area contributed by atoms with E-state index in [1.165, 1.54) is 11.3 Å². The molecular formula is C11H15BrN2S. The van der Waals surface area contributed by atoms with Gasteiger partial charge in [0.2, 0.25) is 0 Å². The lowest BCUT2D eigenvalue weighted by molar-refractivity contribution is 0.799. The van der Waals surface area contributed by atoms with Gasteiger partial charge in [-0.15, -0.1) is 0 Å². The number of anilines is 1. The Labute approximate surface area is 104 Å². The van der Waals surface area contributed by atoms with Crippen LogP contribution in [0.25, 0.3) is 0 Å². The number of rotatable bonds is 1. The molecule has 0 atom stereocenters. The van der Waals surface area contributed by atoms with Gasteiger partial charge >= 0.3 is 0 Å². The van der Waals surface area contributed by atoms with Crippen LogP contribution in [0.2, 0.25) is 0 Å². The molecule has 2 nitrogen and oxygen atoms in total. The lowest BCUT2D eigenvalue weighted by atomic mass is 10.2. The van der Waals surface area contributed by atoms with E-state index in [9.17, 15) is 0 Å². The molecule has 1 aliphatic rings. The minimum absolute atomic E-state index is 0.261. The fourth-order valence-electron chi connectivity index (χ4n) is 1.64. The van der Waals surface area contributed by atoms with Gasteiger partial charge in [-0.25, -0.2) is 4.98 Å². The first-order valence-corrected chi connectivity index (χ1v) is 6.63. The molecule has 2 rings (SSSR count). The summed E-state index contributed by atoms with van der Waals surface area (Å²) in [6, 6.07) is 2.11. The van der Waals surface area contributed by atoms with Crippen molar-refractivity contribution in [2.24, 2.45) is 0 Å². The molecule has 0 saturated heterocycles. The molecule has 15 heavy (non-hydrogen) atoms. The highest BCUT2D eigenvalue weighted by Crippen LogP contribution is 2.38. The van der Waals surface area contributed by atoms with Gasteiger partial charge in [0.25, 0.3) is 0 Å². The van der Waals surface area contributed by atoms with E-state index in [-0.39, 0.29) is 4.75 Å². The van der Waals surface area contributed by atoms with Crippen molar-refractivity contribution in [1.29, 1.82) is 0 Å². The predicted molar refractivity (Wildman–Crippen MR) is 70.3 cm³/mol. The molecule has 82 valence electrons. The smallest absolute Gasteiger partial charge is 0.108 e. The predicted octanol–water partition coefficient (Wildman–Crippen LogP) is 3.65. The second kappa shape index (κ2) is 3.98. The quantitative estimate of drug-likeness (QED) is 0.579. The molecular weight excluding hydrogens is 272 g/mol. The second-order valence-electron chi connectivity index (χ2n) is 4.69. The Kier molecular flexibility index (Phi) is 2.99. The number of fused-ring (bicyclic) bond motifs is 1. The fraction of sp³-hybridized carbons (Fsp3) is 0.545. The van der Waals surface area contributed by atoms with Crippen molar-refractivity contribution in [3.8, 4) is 0 Å². The Morgan fingerprint density at radius 1 is 1.47 bits per heavy atom. The Balaban J connectivity index is 2.24. The van der Waals surface area contributed by atoms with Crippen LogP contribution in [-0.2, 0) is 6.42 Å². The third-order valence-corrected chi connectivity index (χ3v) is 3.75. The average molecular weight is 287 g/mol. The number of hydrogen-bond donors (Lipinski definition) is 0. The molecule has 2 heterocycles. The highest BCUT2D eigenvalue weighted by molar-refractivity contribution is 9.10. The van der Waals surface area contributed by atoms with Gasteiger partial charge in [0.1, 0.15) is 4.60 Å². The normalized spacial score (nSPS) is 15.6. The van der Waals surface area contributed by atoms with E-state index in [4.69, 9.17) is 0 Å². The molecule has 0 saturated carbocycles. The number of nitrogens with zero attached hydrogens (tertiary/aromatic N) is 2. The van der Waals surface area contributed by atoms with Crippen LogP contribution in [0.3, 0.4) is 0 Å². The Bertz CT molecular complexity index is 373. The lowest BCUT2D eigenvalue weighted by Crippen LogP contribution is -2.21. The Hall–Kier alpha value is -0.220. The van der Waals surface area contributed by atoms with Gasteiger partial charge in [-0.2, -0.15) is 0 Å². The molecule has 0 spiro atoms. The molecule has 4 heteroatoms. The van der Waals surface area contributed by atoms with Gasteiger partial charge in [-0.1, -0.05) is 0 Å². The zero-order valence-corrected chi connectivity index (χ0v) is 11.7. The van der Waals surface area contributed by atoms with E-state index in [2.05, 4.69) is 52.1 Å². The summed E-state index contributed by atoms with van der Waals surface area (Å²) in [4.78, 5) is 4.26. The van der Waals surface area contributed by atoms with E-state index >= 15 is 0 Å². The summed E-state index contributed by atoms with van der Waals surface area (Å²) < 4.78 is 3.56. The molecule has 0 aliphatic carbocycles. The van der Waals surface area contributed by atoms with E-state index in [1.807, 2.05) is 18.1 Å². The van der Waals surface area contributed by atoms with Crippen molar-refractivity contribution in [1.82, 2.24) is 4.98 Å². The van der Waals surface area contributed by atoms with E-state index < -0.39 is 0 Å². The highest BCUT2D eigenvalue weighted by atomic mass is 79.9. The zero-order chi connectivity index (χ0) is 11.1. The van der Waals surface area contributed by atoms with Gasteiger partial charge in [0.15, 0.2) is 0 Å². The zero-order valence-electron chi connectivity index (χ0n) is 9.25. The number of halogens is 1. The highest BCUT2D eigenvalue weighted by Gasteiger charge is 2.25. The summed E-state index contributed by atoms with van der Waals surface area (Å²) >= 11 is 5.33. The molecule has 0 N–H and O–H groups in total. The van der Waals surface area contributed by atoms with Gasteiger partial charge < -0.3 is 4.31 Å². The topological polar surface area (TPSA) is 16.1 Å². The fourth-order valence-corrected chi connectivity index (χ4v) is 3.07. The molecule has 0 unspecified atom stereocenters. The Morgan fingerprint density at radius 2 is 2.20 bits per heavy atom. The standard InChI is InChI=1S/C11H15BrN2S/c1-11(2,3)15-14-5-4-8-7-13-10(12)6-9(8)14/h6-7H,4-5H2,1-3H3. The van der Waals surface area contributed by atoms with E-state index in [0.717, 1.165) is 17.6 Å². The van der Waals surface area contributed by atoms with E-state index in [1.54, 1.807) is 0 Å². The van der Waals surface area contributed by atoms with Crippen LogP contribution in [0.1, 0.15) is 26.3 Å². The molecule has 0 aromatic carbocycles. The molecule has 1 aromatic heterocycles. The first-order chi connectivity index (χ1) is 6.96. The van der Waals surface area contributed by atoms with Crippen LogP contribution in [0.5, 0.6) is 0 Å². The number of hydrogen-bond acceptors (Lipinski definition) is 3. The van der Waals surface area contributed by atoms with Crippen molar-refractivity contribution in [2.45, 2.75) is 31.9 Å². The first-order valence-electron chi connectivity index (χ1n) is 5.07. The van der Waals surface area contributed by atoms with Crippen LogP contribution in [0.4, 0.5) is 5.69 Å². The van der Waals surface area contributed by atoms with E-state index in [0.29, 0.717) is 0 Å². The van der Waals surface area contributed by atoms with Crippen molar-refractivity contribution >= 4 is 33.6 Å². The Morgan fingerprint density at radius 3 is 2.87 bits per heavy atom. The summed E-state index contributed by atoms with van der Waals surface area (Å²) in [5.41, 5.74) is 2.67. The van der Waals surface area contributed by atoms with Crippen molar-refractivity contribution in [2.75, 3.05) is 10.8 Å². The summed E-state index contributed by atoms with van der Waals surface area (Å²) in [5.74, 6) is 0. The summed E-state index contributed by atoms with van der Waals surface area (Å²) in [6.45, 7) is 7.82. The summed E-state index contributed by atoms with van der Waals surface area (Å²) in [6.07, 6.45) is 3.08. The monoisotopic (exact) mass is 286 g/mol. The van der Waals surface area contributed by atoms with Crippen molar-refractivity contribution < 1.29 is 0 Å². The van der Waals surface area contributed by atoms with Crippen LogP contribution in [0.15, 0.2) is 16.9 Å². The molecule has 0 bridgehead atoms. The maximum Gasteiger partial charge on any atom is 0.108 e. The summed E-state index contributed by atoms with van der Waals surface area (Å²) in [7, 11) is 0. The van der Waals surface area contributed by atoms with Gasteiger partial charge in [0, 0.05) is 17.5 Å². The number of pyridine rings is 1. The first kappa shape index (κ1) is 11.3. The lowest BCUT2D eigenvalue weighted by Gasteiger charge is -2.26. The molecule has 0 radical (unpaired) electrons.